The molecule has 4 rings (SSSR count). The number of tetrazole rings is 1. The summed E-state index contributed by atoms with van der Waals surface area (Å²) in [7, 11) is 0. The van der Waals surface area contributed by atoms with Crippen LogP contribution in [0.25, 0.3) is 15.9 Å². The first-order valence-corrected chi connectivity index (χ1v) is 9.73. The van der Waals surface area contributed by atoms with E-state index in [2.05, 4.69) is 25.8 Å². The highest BCUT2D eigenvalue weighted by Gasteiger charge is 2.13. The van der Waals surface area contributed by atoms with Gasteiger partial charge in [-0.05, 0) is 53.2 Å². The molecule has 0 aliphatic heterocycles. The molecule has 0 spiro atoms. The Labute approximate surface area is 161 Å². The zero-order valence-corrected chi connectivity index (χ0v) is 15.7. The number of aromatic nitrogens is 5. The van der Waals surface area contributed by atoms with Crippen molar-refractivity contribution in [1.82, 2.24) is 25.2 Å². The summed E-state index contributed by atoms with van der Waals surface area (Å²) >= 11 is 2.59. The van der Waals surface area contributed by atoms with Crippen molar-refractivity contribution < 1.29 is 9.18 Å². The van der Waals surface area contributed by atoms with Crippen molar-refractivity contribution in [3.05, 3.63) is 53.8 Å². The molecule has 2 aromatic carbocycles. The van der Waals surface area contributed by atoms with E-state index < -0.39 is 0 Å². The van der Waals surface area contributed by atoms with E-state index in [1.54, 1.807) is 12.1 Å². The van der Waals surface area contributed by atoms with Crippen LogP contribution in [0.4, 0.5) is 9.52 Å². The first-order chi connectivity index (χ1) is 13.1. The third kappa shape index (κ3) is 3.96. The third-order valence-electron chi connectivity index (χ3n) is 3.62. The summed E-state index contributed by atoms with van der Waals surface area (Å²) in [5.74, 6) is -0.502. The Morgan fingerprint density at radius 3 is 3.04 bits per heavy atom. The first kappa shape index (κ1) is 17.6. The van der Waals surface area contributed by atoms with Gasteiger partial charge in [0.05, 0.1) is 21.7 Å². The second-order valence-electron chi connectivity index (χ2n) is 5.68. The lowest BCUT2D eigenvalue weighted by Gasteiger charge is -2.04. The zero-order chi connectivity index (χ0) is 18.8. The number of benzene rings is 2. The number of anilines is 1. The summed E-state index contributed by atoms with van der Waals surface area (Å²) in [6.45, 7) is 2.01. The van der Waals surface area contributed by atoms with Crippen LogP contribution >= 0.6 is 23.1 Å². The normalized spacial score (nSPS) is 11.0. The van der Waals surface area contributed by atoms with Crippen molar-refractivity contribution in [1.29, 1.82) is 0 Å². The highest BCUT2D eigenvalue weighted by atomic mass is 32.2. The van der Waals surface area contributed by atoms with E-state index in [1.807, 2.05) is 25.1 Å². The summed E-state index contributed by atoms with van der Waals surface area (Å²) in [4.78, 5) is 16.7. The van der Waals surface area contributed by atoms with Gasteiger partial charge < -0.3 is 5.32 Å². The Bertz CT molecular complexity index is 1130. The monoisotopic (exact) mass is 400 g/mol. The molecule has 0 saturated heterocycles. The Morgan fingerprint density at radius 2 is 2.19 bits per heavy atom. The van der Waals surface area contributed by atoms with E-state index in [1.165, 1.54) is 28.2 Å². The van der Waals surface area contributed by atoms with Crippen LogP contribution in [0.2, 0.25) is 0 Å². The van der Waals surface area contributed by atoms with Crippen LogP contribution < -0.4 is 5.32 Å². The molecule has 0 aliphatic rings. The summed E-state index contributed by atoms with van der Waals surface area (Å²) in [5, 5.41) is 15.1. The van der Waals surface area contributed by atoms with Gasteiger partial charge in [-0.15, -0.1) is 5.10 Å². The number of hydrogen-bond donors (Lipinski definition) is 1. The number of halogens is 1. The van der Waals surface area contributed by atoms with Crippen molar-refractivity contribution in [3.63, 3.8) is 0 Å². The molecule has 2 heterocycles. The number of carbonyl (C=O) groups is 1. The average Bonchev–Trinajstić information content (AvgIpc) is 3.25. The lowest BCUT2D eigenvalue weighted by molar-refractivity contribution is -0.113. The summed E-state index contributed by atoms with van der Waals surface area (Å²) < 4.78 is 15.8. The van der Waals surface area contributed by atoms with Crippen LogP contribution in [-0.2, 0) is 4.79 Å². The zero-order valence-electron chi connectivity index (χ0n) is 14.1. The highest BCUT2D eigenvalue weighted by Crippen LogP contribution is 2.27. The molecule has 0 saturated carbocycles. The standard InChI is InChI=1S/C17H13FN6OS2/c1-10-5-6-13-14(7-10)27-16(19-13)20-15(25)9-26-17-21-22-23-24(17)12-4-2-3-11(18)8-12/h2-8H,9H2,1H3,(H,19,20,25). The lowest BCUT2D eigenvalue weighted by Crippen LogP contribution is -2.14. The molecule has 27 heavy (non-hydrogen) atoms. The number of thioether (sulfide) groups is 1. The van der Waals surface area contributed by atoms with Crippen molar-refractivity contribution >= 4 is 44.4 Å². The van der Waals surface area contributed by atoms with Crippen molar-refractivity contribution in [2.75, 3.05) is 11.1 Å². The van der Waals surface area contributed by atoms with Crippen LogP contribution in [0, 0.1) is 12.7 Å². The predicted molar refractivity (Wildman–Crippen MR) is 103 cm³/mol. The maximum atomic E-state index is 13.4. The molecule has 4 aromatic rings. The number of thiazole rings is 1. The van der Waals surface area contributed by atoms with E-state index in [0.29, 0.717) is 16.0 Å². The van der Waals surface area contributed by atoms with E-state index in [0.717, 1.165) is 27.5 Å². The van der Waals surface area contributed by atoms with Crippen molar-refractivity contribution in [3.8, 4) is 5.69 Å². The molecule has 10 heteroatoms. The van der Waals surface area contributed by atoms with E-state index >= 15 is 0 Å². The summed E-state index contributed by atoms with van der Waals surface area (Å²) in [6.07, 6.45) is 0. The number of carbonyl (C=O) groups excluding carboxylic acids is 1. The molecule has 1 amide bonds. The van der Waals surface area contributed by atoms with Crippen LogP contribution in [-0.4, -0.2) is 36.9 Å². The van der Waals surface area contributed by atoms with E-state index in [4.69, 9.17) is 0 Å². The smallest absolute Gasteiger partial charge is 0.236 e. The molecule has 0 unspecified atom stereocenters. The fourth-order valence-electron chi connectivity index (χ4n) is 2.41. The quantitative estimate of drug-likeness (QED) is 0.517. The Kier molecular flexibility index (Phi) is 4.82. The Hall–Kier alpha value is -2.85. The van der Waals surface area contributed by atoms with Crippen LogP contribution in [0.5, 0.6) is 0 Å². The minimum atomic E-state index is -0.386. The van der Waals surface area contributed by atoms with Crippen LogP contribution in [0.3, 0.4) is 0 Å². The Morgan fingerprint density at radius 1 is 1.30 bits per heavy atom. The summed E-state index contributed by atoms with van der Waals surface area (Å²) in [5.41, 5.74) is 2.48. The minimum Gasteiger partial charge on any atom is -0.301 e. The van der Waals surface area contributed by atoms with Crippen molar-refractivity contribution in [2.24, 2.45) is 0 Å². The fraction of sp³-hybridized carbons (Fsp3) is 0.118. The molecule has 0 bridgehead atoms. The van der Waals surface area contributed by atoms with Gasteiger partial charge >= 0.3 is 0 Å². The van der Waals surface area contributed by atoms with Gasteiger partial charge in [-0.2, -0.15) is 4.68 Å². The van der Waals surface area contributed by atoms with Crippen LogP contribution in [0.15, 0.2) is 47.6 Å². The van der Waals surface area contributed by atoms with Crippen molar-refractivity contribution in [2.45, 2.75) is 12.1 Å². The predicted octanol–water partition coefficient (Wildman–Crippen LogP) is 3.45. The Balaban J connectivity index is 1.43. The molecule has 136 valence electrons. The van der Waals surface area contributed by atoms with E-state index in [-0.39, 0.29) is 17.5 Å². The maximum absolute atomic E-state index is 13.4. The number of aryl methyl sites for hydroxylation is 1. The van der Waals surface area contributed by atoms with Gasteiger partial charge in [-0.25, -0.2) is 9.37 Å². The largest absolute Gasteiger partial charge is 0.301 e. The highest BCUT2D eigenvalue weighted by molar-refractivity contribution is 7.99. The SMILES string of the molecule is Cc1ccc2nc(NC(=O)CSc3nnnn3-c3cccc(F)c3)sc2c1. The molecule has 0 fully saturated rings. The molecule has 7 nitrogen and oxygen atoms in total. The first-order valence-electron chi connectivity index (χ1n) is 7.93. The average molecular weight is 400 g/mol. The number of nitrogens with one attached hydrogen (secondary N) is 1. The molecule has 0 radical (unpaired) electrons. The fourth-order valence-corrected chi connectivity index (χ4v) is 4.08. The van der Waals surface area contributed by atoms with Gasteiger partial charge in [0.15, 0.2) is 5.13 Å². The van der Waals surface area contributed by atoms with Gasteiger partial charge in [0.1, 0.15) is 5.82 Å². The number of nitrogens with zero attached hydrogens (tertiary/aromatic N) is 5. The molecule has 0 atom stereocenters. The van der Waals surface area contributed by atoms with Gasteiger partial charge in [0.2, 0.25) is 11.1 Å². The lowest BCUT2D eigenvalue weighted by atomic mass is 10.2. The van der Waals surface area contributed by atoms with Gasteiger partial charge in [0, 0.05) is 0 Å². The van der Waals surface area contributed by atoms with Gasteiger partial charge in [0.25, 0.3) is 0 Å². The second kappa shape index (κ2) is 7.41. The molecular formula is C17H13FN6OS2. The number of hydrogen-bond acceptors (Lipinski definition) is 7. The number of amides is 1. The number of rotatable bonds is 5. The minimum absolute atomic E-state index is 0.102. The topological polar surface area (TPSA) is 85.6 Å². The second-order valence-corrected chi connectivity index (χ2v) is 7.65. The molecule has 2 aromatic heterocycles. The molecule has 1 N–H and O–H groups in total. The van der Waals surface area contributed by atoms with E-state index in [9.17, 15) is 9.18 Å². The van der Waals surface area contributed by atoms with Crippen LogP contribution in [0.1, 0.15) is 5.56 Å². The third-order valence-corrected chi connectivity index (χ3v) is 5.47. The van der Waals surface area contributed by atoms with Gasteiger partial charge in [-0.3, -0.25) is 4.79 Å². The number of fused-ring (bicyclic) bond motifs is 1. The summed E-state index contributed by atoms with van der Waals surface area (Å²) in [6, 6.07) is 11.9. The van der Waals surface area contributed by atoms with Gasteiger partial charge in [-0.1, -0.05) is 35.2 Å². The molecular weight excluding hydrogens is 387 g/mol. The molecule has 0 aliphatic carbocycles. The maximum Gasteiger partial charge on any atom is 0.236 e.